The molecule has 0 aromatic rings. The van der Waals surface area contributed by atoms with E-state index in [1.807, 2.05) is 0 Å². The van der Waals surface area contributed by atoms with Crippen molar-refractivity contribution in [1.29, 1.82) is 0 Å². The van der Waals surface area contributed by atoms with Gasteiger partial charge in [-0.25, -0.2) is 4.79 Å². The van der Waals surface area contributed by atoms with Crippen molar-refractivity contribution in [2.24, 2.45) is 5.41 Å². The molecule has 4 atom stereocenters. The van der Waals surface area contributed by atoms with E-state index in [9.17, 15) is 19.8 Å². The van der Waals surface area contributed by atoms with Gasteiger partial charge in [-0.1, -0.05) is 6.08 Å². The highest BCUT2D eigenvalue weighted by atomic mass is 16.6. The van der Waals surface area contributed by atoms with Crippen molar-refractivity contribution >= 4 is 11.9 Å². The number of carbonyl (C=O) groups is 2. The third-order valence-corrected chi connectivity index (χ3v) is 4.62. The van der Waals surface area contributed by atoms with E-state index in [1.54, 1.807) is 20.8 Å². The van der Waals surface area contributed by atoms with Gasteiger partial charge >= 0.3 is 11.9 Å². The molecule has 0 aromatic heterocycles. The highest BCUT2D eigenvalue weighted by Gasteiger charge is 2.72. The van der Waals surface area contributed by atoms with Crippen molar-refractivity contribution in [2.75, 3.05) is 0 Å². The minimum Gasteiger partial charge on any atom is -0.478 e. The van der Waals surface area contributed by atoms with Gasteiger partial charge in [-0.15, -0.1) is 0 Å². The summed E-state index contributed by atoms with van der Waals surface area (Å²) in [6, 6.07) is 0. The smallest absolute Gasteiger partial charge is 0.328 e. The normalized spacial score (nSPS) is 43.2. The van der Waals surface area contributed by atoms with Gasteiger partial charge in [-0.3, -0.25) is 4.79 Å². The van der Waals surface area contributed by atoms with Crippen LogP contribution in [0.25, 0.3) is 0 Å². The lowest BCUT2D eigenvalue weighted by atomic mass is 9.59. The molecule has 2 fully saturated rings. The fourth-order valence-electron chi connectivity index (χ4n) is 3.42. The van der Waals surface area contributed by atoms with E-state index in [2.05, 4.69) is 0 Å². The highest BCUT2D eigenvalue weighted by molar-refractivity contribution is 5.84. The second kappa shape index (κ2) is 4.68. The van der Waals surface area contributed by atoms with Crippen LogP contribution in [0, 0.1) is 5.41 Å². The van der Waals surface area contributed by atoms with Gasteiger partial charge in [0.25, 0.3) is 0 Å². The summed E-state index contributed by atoms with van der Waals surface area (Å²) >= 11 is 0. The molecule has 0 amide bonds. The molecule has 2 rings (SSSR count). The van der Waals surface area contributed by atoms with Gasteiger partial charge in [-0.2, -0.15) is 0 Å². The van der Waals surface area contributed by atoms with Crippen LogP contribution in [0.15, 0.2) is 23.8 Å². The van der Waals surface area contributed by atoms with E-state index in [0.29, 0.717) is 5.57 Å². The molecule has 0 radical (unpaired) electrons. The lowest BCUT2D eigenvalue weighted by Gasteiger charge is -2.47. The molecule has 2 bridgehead atoms. The molecule has 1 aliphatic heterocycles. The van der Waals surface area contributed by atoms with Gasteiger partial charge in [0, 0.05) is 12.5 Å². The van der Waals surface area contributed by atoms with Gasteiger partial charge in [0.1, 0.15) is 16.6 Å². The number of hydrogen-bond acceptors (Lipinski definition) is 5. The summed E-state index contributed by atoms with van der Waals surface area (Å²) < 4.78 is 5.34. The molecule has 2 aliphatic rings. The van der Waals surface area contributed by atoms with Gasteiger partial charge in [-0.05, 0) is 38.8 Å². The molecule has 0 aromatic carbocycles. The molecule has 1 saturated carbocycles. The van der Waals surface area contributed by atoms with Crippen LogP contribution in [-0.4, -0.2) is 44.6 Å². The number of esters is 1. The molecule has 1 saturated heterocycles. The summed E-state index contributed by atoms with van der Waals surface area (Å²) in [5, 5.41) is 29.6. The number of aliphatic carboxylic acids is 1. The first-order valence-electron chi connectivity index (χ1n) is 6.78. The Labute approximate surface area is 122 Å². The second-order valence-electron chi connectivity index (χ2n) is 6.34. The number of ether oxygens (including phenoxy) is 1. The van der Waals surface area contributed by atoms with Crippen molar-refractivity contribution in [1.82, 2.24) is 0 Å². The molecule has 1 aliphatic carbocycles. The molecule has 3 N–H and O–H groups in total. The number of carboxylic acid groups (broad SMARTS) is 1. The van der Waals surface area contributed by atoms with Crippen LogP contribution < -0.4 is 0 Å². The highest BCUT2D eigenvalue weighted by Crippen LogP contribution is 2.58. The van der Waals surface area contributed by atoms with Crippen molar-refractivity contribution in [2.45, 2.75) is 50.9 Å². The standard InChI is InChI=1S/C15H20O6/c1-9(6-11(17)18)4-5-15(20)13(2)7-10(16)8-14(15,3)21-12(13)19/h4-6,10,16,20H,7-8H2,1-3H3,(H,17,18)/b5-4+,9-6-/t10-,13-,14-,15-/m1/s1. The Kier molecular flexibility index (Phi) is 3.50. The Balaban J connectivity index is 2.43. The molecule has 6 nitrogen and oxygen atoms in total. The maximum Gasteiger partial charge on any atom is 0.328 e. The predicted molar refractivity (Wildman–Crippen MR) is 73.3 cm³/mol. The molecule has 1 heterocycles. The van der Waals surface area contributed by atoms with Crippen LogP contribution in [0.2, 0.25) is 0 Å². The van der Waals surface area contributed by atoms with Crippen LogP contribution in [0.5, 0.6) is 0 Å². The zero-order chi connectivity index (χ0) is 16.1. The van der Waals surface area contributed by atoms with Crippen LogP contribution in [0.4, 0.5) is 0 Å². The fourth-order valence-corrected chi connectivity index (χ4v) is 3.42. The maximum absolute atomic E-state index is 12.1. The average molecular weight is 296 g/mol. The van der Waals surface area contributed by atoms with Gasteiger partial charge < -0.3 is 20.1 Å². The average Bonchev–Trinajstić information content (AvgIpc) is 2.41. The van der Waals surface area contributed by atoms with Crippen molar-refractivity contribution in [3.63, 3.8) is 0 Å². The van der Waals surface area contributed by atoms with Crippen LogP contribution in [0.3, 0.4) is 0 Å². The van der Waals surface area contributed by atoms with Gasteiger partial charge in [0.2, 0.25) is 0 Å². The molecule has 0 unspecified atom stereocenters. The summed E-state index contributed by atoms with van der Waals surface area (Å²) in [5.41, 5.74) is -3.64. The SMILES string of the molecule is CC(=C/C(=O)O)/C=C/[C@]1(O)[C@@]2(C)C[C@H](O)C[C@]1(C)C(=O)O2. The van der Waals surface area contributed by atoms with E-state index >= 15 is 0 Å². The Morgan fingerprint density at radius 1 is 1.38 bits per heavy atom. The third-order valence-electron chi connectivity index (χ3n) is 4.62. The molecular weight excluding hydrogens is 276 g/mol. The summed E-state index contributed by atoms with van der Waals surface area (Å²) in [6.07, 6.45) is 3.40. The molecule has 21 heavy (non-hydrogen) atoms. The largest absolute Gasteiger partial charge is 0.478 e. The second-order valence-corrected chi connectivity index (χ2v) is 6.34. The Hall–Kier alpha value is -1.66. The first kappa shape index (κ1) is 15.7. The van der Waals surface area contributed by atoms with Gasteiger partial charge in [0.15, 0.2) is 0 Å². The minimum absolute atomic E-state index is 0.101. The molecule has 116 valence electrons. The zero-order valence-corrected chi connectivity index (χ0v) is 12.3. The maximum atomic E-state index is 12.1. The zero-order valence-electron chi connectivity index (χ0n) is 12.3. The molecule has 6 heteroatoms. The monoisotopic (exact) mass is 296 g/mol. The number of carbonyl (C=O) groups excluding carboxylic acids is 1. The Morgan fingerprint density at radius 2 is 2.00 bits per heavy atom. The minimum atomic E-state index is -1.59. The molecular formula is C15H20O6. The lowest BCUT2D eigenvalue weighted by molar-refractivity contribution is -0.156. The van der Waals surface area contributed by atoms with Crippen molar-refractivity contribution in [3.8, 4) is 0 Å². The van der Waals surface area contributed by atoms with E-state index in [0.717, 1.165) is 6.08 Å². The van der Waals surface area contributed by atoms with E-state index in [1.165, 1.54) is 12.2 Å². The lowest BCUT2D eigenvalue weighted by Crippen LogP contribution is -2.61. The summed E-state index contributed by atoms with van der Waals surface area (Å²) in [6.45, 7) is 4.73. The Morgan fingerprint density at radius 3 is 2.52 bits per heavy atom. The van der Waals surface area contributed by atoms with Crippen molar-refractivity contribution < 1.29 is 29.6 Å². The van der Waals surface area contributed by atoms with Crippen LogP contribution >= 0.6 is 0 Å². The fraction of sp³-hybridized carbons (Fsp3) is 0.600. The number of aliphatic hydroxyl groups excluding tert-OH is 1. The number of allylic oxidation sites excluding steroid dienone is 2. The summed E-state index contributed by atoms with van der Waals surface area (Å²) in [4.78, 5) is 22.7. The van der Waals surface area contributed by atoms with E-state index < -0.39 is 34.7 Å². The topological polar surface area (TPSA) is 104 Å². The van der Waals surface area contributed by atoms with E-state index in [-0.39, 0.29) is 12.8 Å². The quantitative estimate of drug-likeness (QED) is 0.404. The Bertz CT molecular complexity index is 550. The number of carboxylic acids is 1. The first-order valence-corrected chi connectivity index (χ1v) is 6.78. The van der Waals surface area contributed by atoms with Crippen LogP contribution in [-0.2, 0) is 14.3 Å². The number of rotatable bonds is 3. The first-order chi connectivity index (χ1) is 9.54. The van der Waals surface area contributed by atoms with E-state index in [4.69, 9.17) is 9.84 Å². The van der Waals surface area contributed by atoms with Crippen LogP contribution in [0.1, 0.15) is 33.6 Å². The van der Waals surface area contributed by atoms with Crippen molar-refractivity contribution in [3.05, 3.63) is 23.8 Å². The number of fused-ring (bicyclic) bond motifs is 2. The summed E-state index contributed by atoms with van der Waals surface area (Å²) in [7, 11) is 0. The van der Waals surface area contributed by atoms with Gasteiger partial charge in [0.05, 0.1) is 6.10 Å². The summed E-state index contributed by atoms with van der Waals surface area (Å²) in [5.74, 6) is -1.63. The number of aliphatic hydroxyl groups is 2. The predicted octanol–water partition coefficient (Wildman–Crippen LogP) is 0.781. The molecule has 0 spiro atoms. The number of hydrogen-bond donors (Lipinski definition) is 3. The third kappa shape index (κ3) is 2.18.